The van der Waals surface area contributed by atoms with Gasteiger partial charge in [-0.25, -0.2) is 0 Å². The highest BCUT2D eigenvalue weighted by atomic mass is 14.7. The molecule has 1 heterocycles. The van der Waals surface area contributed by atoms with Crippen LogP contribution in [0.5, 0.6) is 0 Å². The molecule has 0 aliphatic heterocycles. The van der Waals surface area contributed by atoms with E-state index in [4.69, 9.17) is 5.73 Å². The zero-order valence-electron chi connectivity index (χ0n) is 9.97. The first-order valence-electron chi connectivity index (χ1n) is 6.07. The van der Waals surface area contributed by atoms with Gasteiger partial charge in [-0.1, -0.05) is 36.4 Å². The van der Waals surface area contributed by atoms with E-state index >= 15 is 0 Å². The number of hydrogen-bond acceptors (Lipinski definition) is 2. The summed E-state index contributed by atoms with van der Waals surface area (Å²) < 4.78 is 0. The summed E-state index contributed by atoms with van der Waals surface area (Å²) in [5.74, 6) is 0. The maximum atomic E-state index is 5.54. The maximum Gasteiger partial charge on any atom is 0.0419 e. The predicted octanol–water partition coefficient (Wildman–Crippen LogP) is 2.37. The number of pyridine rings is 1. The fourth-order valence-electron chi connectivity index (χ4n) is 1.87. The molecule has 2 heteroatoms. The van der Waals surface area contributed by atoms with Gasteiger partial charge in [-0.15, -0.1) is 0 Å². The van der Waals surface area contributed by atoms with Gasteiger partial charge in [-0.3, -0.25) is 4.98 Å². The van der Waals surface area contributed by atoms with E-state index in [1.807, 2.05) is 12.1 Å². The van der Waals surface area contributed by atoms with Crippen LogP contribution in [0.15, 0.2) is 48.5 Å². The number of hydrogen-bond donors (Lipinski definition) is 1. The summed E-state index contributed by atoms with van der Waals surface area (Å²) in [4.78, 5) is 4.60. The fraction of sp³-hybridized carbons (Fsp3) is 0.267. The standard InChI is InChI=1S/C15H18N2/c16-12-11-15-8-4-7-14(17-15)10-9-13-5-2-1-3-6-13/h1-8H,9-12,16H2. The van der Waals surface area contributed by atoms with Gasteiger partial charge >= 0.3 is 0 Å². The molecule has 0 aliphatic rings. The molecule has 88 valence electrons. The van der Waals surface area contributed by atoms with E-state index in [-0.39, 0.29) is 0 Å². The van der Waals surface area contributed by atoms with Crippen molar-refractivity contribution in [2.75, 3.05) is 6.54 Å². The lowest BCUT2D eigenvalue weighted by molar-refractivity contribution is 0.862. The van der Waals surface area contributed by atoms with Gasteiger partial charge in [0.15, 0.2) is 0 Å². The van der Waals surface area contributed by atoms with E-state index in [0.29, 0.717) is 6.54 Å². The third-order valence-corrected chi connectivity index (χ3v) is 2.78. The molecule has 0 amide bonds. The summed E-state index contributed by atoms with van der Waals surface area (Å²) in [7, 11) is 0. The molecule has 1 aromatic heterocycles. The van der Waals surface area contributed by atoms with Gasteiger partial charge in [0, 0.05) is 17.8 Å². The average Bonchev–Trinajstić information content (AvgIpc) is 2.39. The van der Waals surface area contributed by atoms with Crippen molar-refractivity contribution in [1.29, 1.82) is 0 Å². The minimum atomic E-state index is 0.662. The van der Waals surface area contributed by atoms with Crippen molar-refractivity contribution in [3.63, 3.8) is 0 Å². The van der Waals surface area contributed by atoms with Crippen LogP contribution in [0.3, 0.4) is 0 Å². The third-order valence-electron chi connectivity index (χ3n) is 2.78. The molecule has 17 heavy (non-hydrogen) atoms. The van der Waals surface area contributed by atoms with Crippen molar-refractivity contribution in [2.24, 2.45) is 5.73 Å². The lowest BCUT2D eigenvalue weighted by Crippen LogP contribution is -2.05. The van der Waals surface area contributed by atoms with Crippen LogP contribution < -0.4 is 5.73 Å². The van der Waals surface area contributed by atoms with Crippen molar-refractivity contribution < 1.29 is 0 Å². The van der Waals surface area contributed by atoms with Crippen LogP contribution in [0.2, 0.25) is 0 Å². The summed E-state index contributed by atoms with van der Waals surface area (Å²) in [5, 5.41) is 0. The predicted molar refractivity (Wildman–Crippen MR) is 70.8 cm³/mol. The normalized spacial score (nSPS) is 10.4. The van der Waals surface area contributed by atoms with Gasteiger partial charge in [0.25, 0.3) is 0 Å². The Morgan fingerprint density at radius 2 is 1.47 bits per heavy atom. The number of aromatic nitrogens is 1. The fourth-order valence-corrected chi connectivity index (χ4v) is 1.87. The highest BCUT2D eigenvalue weighted by molar-refractivity contribution is 5.17. The lowest BCUT2D eigenvalue weighted by atomic mass is 10.1. The molecular weight excluding hydrogens is 208 g/mol. The Labute approximate surface area is 103 Å². The third kappa shape index (κ3) is 3.68. The van der Waals surface area contributed by atoms with Gasteiger partial charge in [-0.05, 0) is 37.1 Å². The second-order valence-corrected chi connectivity index (χ2v) is 4.14. The molecule has 0 bridgehead atoms. The molecule has 0 radical (unpaired) electrons. The van der Waals surface area contributed by atoms with Crippen molar-refractivity contribution in [2.45, 2.75) is 19.3 Å². The summed E-state index contributed by atoms with van der Waals surface area (Å²) >= 11 is 0. The van der Waals surface area contributed by atoms with Gasteiger partial charge < -0.3 is 5.73 Å². The Morgan fingerprint density at radius 3 is 2.18 bits per heavy atom. The maximum absolute atomic E-state index is 5.54. The molecule has 2 rings (SSSR count). The average molecular weight is 226 g/mol. The summed E-state index contributed by atoms with van der Waals surface area (Å²) in [5.41, 5.74) is 9.14. The van der Waals surface area contributed by atoms with Gasteiger partial charge in [0.1, 0.15) is 0 Å². The molecule has 0 saturated heterocycles. The zero-order chi connectivity index (χ0) is 11.9. The van der Waals surface area contributed by atoms with Crippen LogP contribution in [-0.4, -0.2) is 11.5 Å². The lowest BCUT2D eigenvalue weighted by Gasteiger charge is -2.04. The largest absolute Gasteiger partial charge is 0.330 e. The second-order valence-electron chi connectivity index (χ2n) is 4.14. The molecule has 0 aliphatic carbocycles. The van der Waals surface area contributed by atoms with Gasteiger partial charge in [0.2, 0.25) is 0 Å². The highest BCUT2D eigenvalue weighted by Crippen LogP contribution is 2.06. The van der Waals surface area contributed by atoms with E-state index in [0.717, 1.165) is 30.7 Å². The van der Waals surface area contributed by atoms with Gasteiger partial charge in [0.05, 0.1) is 0 Å². The minimum Gasteiger partial charge on any atom is -0.330 e. The molecule has 2 aromatic rings. The summed E-state index contributed by atoms with van der Waals surface area (Å²) in [6.45, 7) is 0.662. The number of nitrogens with zero attached hydrogens (tertiary/aromatic N) is 1. The van der Waals surface area contributed by atoms with Crippen molar-refractivity contribution in [3.8, 4) is 0 Å². The number of nitrogens with two attached hydrogens (primary N) is 1. The first-order chi connectivity index (χ1) is 8.38. The Bertz CT molecular complexity index is 451. The van der Waals surface area contributed by atoms with Gasteiger partial charge in [-0.2, -0.15) is 0 Å². The number of aryl methyl sites for hydroxylation is 2. The van der Waals surface area contributed by atoms with Crippen molar-refractivity contribution in [1.82, 2.24) is 4.98 Å². The molecule has 0 unspecified atom stereocenters. The van der Waals surface area contributed by atoms with E-state index in [1.54, 1.807) is 0 Å². The monoisotopic (exact) mass is 226 g/mol. The van der Waals surface area contributed by atoms with Crippen LogP contribution in [0.4, 0.5) is 0 Å². The Kier molecular flexibility index (Phi) is 4.28. The van der Waals surface area contributed by atoms with Crippen LogP contribution in [0, 0.1) is 0 Å². The van der Waals surface area contributed by atoms with E-state index in [2.05, 4.69) is 41.4 Å². The molecular formula is C15H18N2. The molecule has 2 N–H and O–H groups in total. The molecule has 2 nitrogen and oxygen atoms in total. The Hall–Kier alpha value is -1.67. The highest BCUT2D eigenvalue weighted by Gasteiger charge is 1.98. The van der Waals surface area contributed by atoms with Crippen LogP contribution in [0.1, 0.15) is 17.0 Å². The molecule has 0 atom stereocenters. The van der Waals surface area contributed by atoms with Crippen LogP contribution in [0.25, 0.3) is 0 Å². The second kappa shape index (κ2) is 6.16. The Balaban J connectivity index is 1.97. The summed E-state index contributed by atoms with van der Waals surface area (Å²) in [6, 6.07) is 16.7. The molecule has 0 saturated carbocycles. The first-order valence-corrected chi connectivity index (χ1v) is 6.07. The van der Waals surface area contributed by atoms with E-state index in [9.17, 15) is 0 Å². The first kappa shape index (κ1) is 11.8. The quantitative estimate of drug-likeness (QED) is 0.850. The SMILES string of the molecule is NCCc1cccc(CCc2ccccc2)n1. The molecule has 0 spiro atoms. The zero-order valence-corrected chi connectivity index (χ0v) is 9.97. The Morgan fingerprint density at radius 1 is 0.765 bits per heavy atom. The molecule has 0 fully saturated rings. The van der Waals surface area contributed by atoms with Crippen LogP contribution >= 0.6 is 0 Å². The van der Waals surface area contributed by atoms with E-state index < -0.39 is 0 Å². The minimum absolute atomic E-state index is 0.662. The van der Waals surface area contributed by atoms with E-state index in [1.165, 1.54) is 5.56 Å². The number of benzene rings is 1. The van der Waals surface area contributed by atoms with Crippen LogP contribution in [-0.2, 0) is 19.3 Å². The van der Waals surface area contributed by atoms with Crippen molar-refractivity contribution in [3.05, 3.63) is 65.5 Å². The van der Waals surface area contributed by atoms with Crippen molar-refractivity contribution >= 4 is 0 Å². The smallest absolute Gasteiger partial charge is 0.0419 e. The topological polar surface area (TPSA) is 38.9 Å². The number of rotatable bonds is 5. The molecule has 1 aromatic carbocycles. The summed E-state index contributed by atoms with van der Waals surface area (Å²) in [6.07, 6.45) is 2.89.